The number of halogens is 1. The first kappa shape index (κ1) is 12.2. The Morgan fingerprint density at radius 3 is 2.74 bits per heavy atom. The molecule has 2 N–H and O–H groups in total. The van der Waals surface area contributed by atoms with Gasteiger partial charge in [0.2, 0.25) is 0 Å². The van der Waals surface area contributed by atoms with Crippen LogP contribution in [0.15, 0.2) is 39.6 Å². The molecule has 1 aromatic carbocycles. The molecule has 1 saturated heterocycles. The fraction of sp³-hybridized carbons (Fsp3) is 0.357. The van der Waals surface area contributed by atoms with Crippen LogP contribution in [-0.2, 0) is 0 Å². The zero-order chi connectivity index (χ0) is 13.2. The first-order valence-electron chi connectivity index (χ1n) is 6.39. The van der Waals surface area contributed by atoms with Gasteiger partial charge in [0.1, 0.15) is 11.6 Å². The van der Waals surface area contributed by atoms with Crippen LogP contribution in [0.2, 0.25) is 0 Å². The Balaban J connectivity index is 1.78. The molecule has 0 amide bonds. The summed E-state index contributed by atoms with van der Waals surface area (Å²) in [5.41, 5.74) is 0.857. The first-order valence-corrected chi connectivity index (χ1v) is 6.39. The van der Waals surface area contributed by atoms with Crippen molar-refractivity contribution in [3.05, 3.63) is 57.8 Å². The van der Waals surface area contributed by atoms with Crippen LogP contribution in [0.25, 0.3) is 0 Å². The van der Waals surface area contributed by atoms with E-state index >= 15 is 0 Å². The molecule has 0 spiro atoms. The van der Waals surface area contributed by atoms with Gasteiger partial charge >= 0.3 is 0 Å². The molecule has 1 fully saturated rings. The second-order valence-electron chi connectivity index (χ2n) is 4.89. The van der Waals surface area contributed by atoms with Crippen LogP contribution in [0.5, 0.6) is 0 Å². The molecule has 2 heterocycles. The smallest absolute Gasteiger partial charge is 0.280 e. The van der Waals surface area contributed by atoms with Gasteiger partial charge in [0.05, 0.1) is 0 Å². The van der Waals surface area contributed by atoms with Crippen molar-refractivity contribution in [1.82, 2.24) is 10.5 Å². The van der Waals surface area contributed by atoms with Crippen molar-refractivity contribution in [1.29, 1.82) is 0 Å². The number of rotatable bonds is 2. The number of hydrogen-bond acceptors (Lipinski definition) is 3. The lowest BCUT2D eigenvalue weighted by molar-refractivity contribution is 0.295. The lowest BCUT2D eigenvalue weighted by Gasteiger charge is -2.29. The molecule has 0 unspecified atom stereocenters. The summed E-state index contributed by atoms with van der Waals surface area (Å²) >= 11 is 0. The van der Waals surface area contributed by atoms with Gasteiger partial charge < -0.3 is 9.84 Å². The molecular weight excluding hydrogens is 247 g/mol. The van der Waals surface area contributed by atoms with Crippen molar-refractivity contribution >= 4 is 0 Å². The van der Waals surface area contributed by atoms with Crippen molar-refractivity contribution in [3.63, 3.8) is 0 Å². The molecule has 1 aromatic heterocycles. The maximum atomic E-state index is 12.9. The van der Waals surface area contributed by atoms with Gasteiger partial charge in [-0.25, -0.2) is 4.39 Å². The van der Waals surface area contributed by atoms with Crippen LogP contribution in [0.1, 0.15) is 36.1 Å². The largest absolute Gasteiger partial charge is 0.383 e. The molecule has 19 heavy (non-hydrogen) atoms. The normalized spacial score (nSPS) is 23.4. The average Bonchev–Trinajstić information content (AvgIpc) is 2.86. The molecule has 0 bridgehead atoms. The molecule has 0 saturated carbocycles. The number of benzene rings is 1. The van der Waals surface area contributed by atoms with E-state index in [0.29, 0.717) is 5.76 Å². The van der Waals surface area contributed by atoms with E-state index in [1.54, 1.807) is 12.1 Å². The van der Waals surface area contributed by atoms with Gasteiger partial charge in [0.15, 0.2) is 0 Å². The monoisotopic (exact) mass is 262 g/mol. The van der Waals surface area contributed by atoms with Crippen molar-refractivity contribution in [2.75, 3.05) is 6.54 Å². The first-order chi connectivity index (χ1) is 9.22. The summed E-state index contributed by atoms with van der Waals surface area (Å²) in [6.45, 7) is 0.849. The third kappa shape index (κ3) is 2.61. The van der Waals surface area contributed by atoms with Gasteiger partial charge in [-0.15, -0.1) is 0 Å². The third-order valence-corrected chi connectivity index (χ3v) is 3.62. The van der Waals surface area contributed by atoms with Gasteiger partial charge in [0.25, 0.3) is 5.56 Å². The quantitative estimate of drug-likeness (QED) is 0.873. The van der Waals surface area contributed by atoms with Crippen molar-refractivity contribution in [3.8, 4) is 0 Å². The van der Waals surface area contributed by atoms with Gasteiger partial charge in [-0.05, 0) is 37.1 Å². The molecule has 1 aliphatic rings. The van der Waals surface area contributed by atoms with Crippen molar-refractivity contribution in [2.24, 2.45) is 0 Å². The van der Waals surface area contributed by atoms with E-state index in [1.807, 2.05) is 0 Å². The summed E-state index contributed by atoms with van der Waals surface area (Å²) in [7, 11) is 0. The molecule has 100 valence electrons. The van der Waals surface area contributed by atoms with E-state index < -0.39 is 0 Å². The van der Waals surface area contributed by atoms with E-state index in [-0.39, 0.29) is 23.3 Å². The Hall–Kier alpha value is -1.88. The van der Waals surface area contributed by atoms with Crippen LogP contribution in [0, 0.1) is 5.82 Å². The fourth-order valence-corrected chi connectivity index (χ4v) is 2.62. The predicted molar refractivity (Wildman–Crippen MR) is 68.4 cm³/mol. The Morgan fingerprint density at radius 1 is 1.26 bits per heavy atom. The zero-order valence-electron chi connectivity index (χ0n) is 10.4. The lowest BCUT2D eigenvalue weighted by atomic mass is 9.87. The fourth-order valence-electron chi connectivity index (χ4n) is 2.62. The summed E-state index contributed by atoms with van der Waals surface area (Å²) in [4.78, 5) is 11.1. The average molecular weight is 262 g/mol. The van der Waals surface area contributed by atoms with Gasteiger partial charge in [-0.3, -0.25) is 4.79 Å². The highest BCUT2D eigenvalue weighted by molar-refractivity contribution is 5.21. The van der Waals surface area contributed by atoms with Gasteiger partial charge in [-0.2, -0.15) is 5.16 Å². The second kappa shape index (κ2) is 5.01. The summed E-state index contributed by atoms with van der Waals surface area (Å²) in [6, 6.07) is 8.21. The maximum Gasteiger partial charge on any atom is 0.280 e. The highest BCUT2D eigenvalue weighted by Crippen LogP contribution is 2.33. The Kier molecular flexibility index (Phi) is 3.21. The molecule has 3 rings (SSSR count). The number of nitrogens with one attached hydrogen (secondary N) is 2. The maximum absolute atomic E-state index is 12.9. The highest BCUT2D eigenvalue weighted by Gasteiger charge is 2.26. The zero-order valence-corrected chi connectivity index (χ0v) is 10.4. The Labute approximate surface area is 109 Å². The molecule has 2 atom stereocenters. The highest BCUT2D eigenvalue weighted by atomic mass is 19.1. The summed E-state index contributed by atoms with van der Waals surface area (Å²) in [5, 5.41) is 5.74. The number of piperidine rings is 1. The van der Waals surface area contributed by atoms with E-state index in [4.69, 9.17) is 4.52 Å². The SMILES string of the molecule is O=c1cc([C@@H]2CCN[C@@H](c3ccc(F)cc3)C2)o[nH]1. The summed E-state index contributed by atoms with van der Waals surface area (Å²) in [5.74, 6) is 0.696. The van der Waals surface area contributed by atoms with Crippen LogP contribution in [0.4, 0.5) is 4.39 Å². The molecule has 1 aliphatic heterocycles. The molecule has 4 nitrogen and oxygen atoms in total. The molecular formula is C14H15FN2O2. The topological polar surface area (TPSA) is 58.0 Å². The van der Waals surface area contributed by atoms with Crippen molar-refractivity contribution in [2.45, 2.75) is 24.8 Å². The standard InChI is InChI=1S/C14H15FN2O2/c15-11-3-1-9(2-4-11)12-7-10(5-6-16-12)13-8-14(18)17-19-13/h1-4,8,10,12,16H,5-7H2,(H,17,18)/t10-,12-/m1/s1. The van der Waals surface area contributed by atoms with E-state index in [9.17, 15) is 9.18 Å². The van der Waals surface area contributed by atoms with Crippen LogP contribution in [-0.4, -0.2) is 11.7 Å². The number of aromatic nitrogens is 1. The van der Waals surface area contributed by atoms with Crippen LogP contribution in [0.3, 0.4) is 0 Å². The molecule has 5 heteroatoms. The number of hydrogen-bond donors (Lipinski definition) is 2. The number of aromatic amines is 1. The van der Waals surface area contributed by atoms with E-state index in [0.717, 1.165) is 24.9 Å². The summed E-state index contributed by atoms with van der Waals surface area (Å²) in [6.07, 6.45) is 1.77. The van der Waals surface area contributed by atoms with Gasteiger partial charge in [-0.1, -0.05) is 12.1 Å². The molecule has 2 aromatic rings. The Morgan fingerprint density at radius 2 is 2.05 bits per heavy atom. The Bertz CT molecular complexity index is 602. The minimum atomic E-state index is -0.229. The van der Waals surface area contributed by atoms with Gasteiger partial charge in [0, 0.05) is 18.0 Å². The van der Waals surface area contributed by atoms with E-state index in [2.05, 4.69) is 10.5 Å². The van der Waals surface area contributed by atoms with E-state index in [1.165, 1.54) is 18.2 Å². The third-order valence-electron chi connectivity index (χ3n) is 3.62. The predicted octanol–water partition coefficient (Wildman–Crippen LogP) is 2.32. The molecule has 0 radical (unpaired) electrons. The minimum absolute atomic E-state index is 0.166. The lowest BCUT2D eigenvalue weighted by Crippen LogP contribution is -2.30. The van der Waals surface area contributed by atoms with Crippen LogP contribution >= 0.6 is 0 Å². The second-order valence-corrected chi connectivity index (χ2v) is 4.89. The van der Waals surface area contributed by atoms with Crippen molar-refractivity contribution < 1.29 is 8.91 Å². The van der Waals surface area contributed by atoms with Crippen LogP contribution < -0.4 is 10.9 Å². The summed E-state index contributed by atoms with van der Waals surface area (Å²) < 4.78 is 18.1. The minimum Gasteiger partial charge on any atom is -0.383 e. The molecule has 0 aliphatic carbocycles. The number of H-pyrrole nitrogens is 1.